The number of nitro benzene ring substituents is 2. The van der Waals surface area contributed by atoms with E-state index in [1.165, 1.54) is 23.1 Å². The summed E-state index contributed by atoms with van der Waals surface area (Å²) in [6, 6.07) is 3.06. The molecule has 0 spiro atoms. The Labute approximate surface area is 176 Å². The largest absolute Gasteiger partial charge is 0.327 e. The molecule has 0 amide bonds. The Bertz CT molecular complexity index is 1350. The summed E-state index contributed by atoms with van der Waals surface area (Å²) in [6.07, 6.45) is 0. The standard InChI is InChI=1S/C16H16N8O6S/c1-8(25)7-31-15-17-12-13(18-15)21(2)16(22(3)14(12)26)20-19-10-5-4-9(23(27)28)6-11(10)24(29)30/h4-6,19H,7H2,1-3H3,(H,17,18). The minimum Gasteiger partial charge on any atom is -0.327 e. The quantitative estimate of drug-likeness (QED) is 0.303. The van der Waals surface area contributed by atoms with Crippen molar-refractivity contribution in [2.24, 2.45) is 19.2 Å². The smallest absolute Gasteiger partial charge is 0.301 e. The topological polar surface area (TPSA) is 183 Å². The summed E-state index contributed by atoms with van der Waals surface area (Å²) in [5, 5.41) is 26.6. The third-order valence-corrected chi connectivity index (χ3v) is 5.19. The van der Waals surface area contributed by atoms with Crippen LogP contribution in [0.3, 0.4) is 0 Å². The van der Waals surface area contributed by atoms with E-state index in [0.717, 1.165) is 30.0 Å². The van der Waals surface area contributed by atoms with Gasteiger partial charge in [0.2, 0.25) is 5.62 Å². The highest BCUT2D eigenvalue weighted by Gasteiger charge is 2.20. The van der Waals surface area contributed by atoms with Crippen LogP contribution in [0.4, 0.5) is 17.1 Å². The SMILES string of the molecule is CC(=O)CSc1nc2c([nH]1)c(=O)n(C)c(=NNc1ccc([N+](=O)[O-])cc1[N+](=O)[O-])n2C. The maximum absolute atomic E-state index is 12.7. The van der Waals surface area contributed by atoms with Crippen LogP contribution < -0.4 is 16.6 Å². The Balaban J connectivity index is 2.09. The number of aromatic amines is 1. The lowest BCUT2D eigenvalue weighted by Gasteiger charge is -2.07. The lowest BCUT2D eigenvalue weighted by Crippen LogP contribution is -2.38. The molecule has 0 unspecified atom stereocenters. The number of hydrogen-bond donors (Lipinski definition) is 2. The van der Waals surface area contributed by atoms with Crippen molar-refractivity contribution in [2.75, 3.05) is 11.2 Å². The summed E-state index contributed by atoms with van der Waals surface area (Å²) in [6.45, 7) is 1.44. The van der Waals surface area contributed by atoms with Crippen molar-refractivity contribution in [2.45, 2.75) is 12.1 Å². The molecule has 0 saturated heterocycles. The molecular weight excluding hydrogens is 432 g/mol. The average molecular weight is 448 g/mol. The molecule has 0 fully saturated rings. The second kappa shape index (κ2) is 8.39. The third-order valence-electron chi connectivity index (χ3n) is 4.18. The summed E-state index contributed by atoms with van der Waals surface area (Å²) in [5.74, 6) is 0.138. The molecule has 2 heterocycles. The van der Waals surface area contributed by atoms with Gasteiger partial charge in [-0.15, -0.1) is 5.10 Å². The maximum atomic E-state index is 12.7. The number of Topliss-reactive ketones (excluding diaryl/α,β-unsaturated/α-hetero) is 1. The summed E-state index contributed by atoms with van der Waals surface area (Å²) in [7, 11) is 3.04. The van der Waals surface area contributed by atoms with Crippen molar-refractivity contribution in [1.82, 2.24) is 19.1 Å². The normalized spacial score (nSPS) is 11.6. The number of ketones is 1. The fourth-order valence-corrected chi connectivity index (χ4v) is 3.36. The monoisotopic (exact) mass is 448 g/mol. The van der Waals surface area contributed by atoms with Gasteiger partial charge in [0.25, 0.3) is 11.2 Å². The molecule has 0 aliphatic carbocycles. The highest BCUT2D eigenvalue weighted by atomic mass is 32.2. The van der Waals surface area contributed by atoms with Gasteiger partial charge in [0, 0.05) is 20.2 Å². The van der Waals surface area contributed by atoms with E-state index in [0.29, 0.717) is 5.16 Å². The number of rotatable bonds is 7. The number of thioether (sulfide) groups is 1. The molecule has 14 nitrogen and oxygen atoms in total. The number of nitrogens with one attached hydrogen (secondary N) is 2. The number of aryl methyl sites for hydroxylation is 1. The summed E-state index contributed by atoms with van der Waals surface area (Å²) < 4.78 is 2.68. The average Bonchev–Trinajstić information content (AvgIpc) is 3.15. The molecule has 0 atom stereocenters. The van der Waals surface area contributed by atoms with Crippen molar-refractivity contribution in [3.05, 3.63) is 54.4 Å². The number of carbonyl (C=O) groups is 1. The molecule has 0 aliphatic heterocycles. The Morgan fingerprint density at radius 3 is 2.58 bits per heavy atom. The van der Waals surface area contributed by atoms with E-state index in [9.17, 15) is 29.8 Å². The molecule has 3 rings (SSSR count). The molecule has 0 aliphatic rings. The number of hydrogen-bond acceptors (Lipinski definition) is 10. The van der Waals surface area contributed by atoms with Crippen LogP contribution in [0.5, 0.6) is 0 Å². The van der Waals surface area contributed by atoms with Gasteiger partial charge in [-0.25, -0.2) is 4.98 Å². The minimum atomic E-state index is -0.778. The van der Waals surface area contributed by atoms with E-state index in [1.807, 2.05) is 0 Å². The zero-order chi connectivity index (χ0) is 22.9. The van der Waals surface area contributed by atoms with Gasteiger partial charge in [-0.05, 0) is 13.0 Å². The lowest BCUT2D eigenvalue weighted by molar-refractivity contribution is -0.393. The summed E-state index contributed by atoms with van der Waals surface area (Å²) >= 11 is 1.15. The fraction of sp³-hybridized carbons (Fsp3) is 0.250. The van der Waals surface area contributed by atoms with Crippen LogP contribution in [0.15, 0.2) is 33.3 Å². The second-order valence-corrected chi connectivity index (χ2v) is 7.36. The number of imidazole rings is 1. The van der Waals surface area contributed by atoms with E-state index in [1.54, 1.807) is 7.05 Å². The van der Waals surface area contributed by atoms with Crippen LogP contribution in [0, 0.1) is 20.2 Å². The van der Waals surface area contributed by atoms with Crippen molar-refractivity contribution in [3.8, 4) is 0 Å². The zero-order valence-corrected chi connectivity index (χ0v) is 17.3. The Morgan fingerprint density at radius 1 is 1.26 bits per heavy atom. The first-order valence-corrected chi connectivity index (χ1v) is 9.59. The molecule has 0 bridgehead atoms. The highest BCUT2D eigenvalue weighted by Crippen LogP contribution is 2.28. The van der Waals surface area contributed by atoms with Crippen LogP contribution in [0.25, 0.3) is 11.2 Å². The number of nitrogens with zero attached hydrogens (tertiary/aromatic N) is 6. The molecular formula is C16H16N8O6S. The van der Waals surface area contributed by atoms with Crippen LogP contribution in [-0.2, 0) is 18.9 Å². The summed E-state index contributed by atoms with van der Waals surface area (Å²) in [4.78, 5) is 51.7. The number of fused-ring (bicyclic) bond motifs is 1. The molecule has 0 saturated carbocycles. The fourth-order valence-electron chi connectivity index (χ4n) is 2.69. The minimum absolute atomic E-state index is 0.0488. The number of anilines is 1. The molecule has 2 N–H and O–H groups in total. The predicted molar refractivity (Wildman–Crippen MR) is 111 cm³/mol. The first-order chi connectivity index (χ1) is 14.6. The van der Waals surface area contributed by atoms with Gasteiger partial charge in [-0.1, -0.05) is 11.8 Å². The van der Waals surface area contributed by atoms with Crippen molar-refractivity contribution in [1.29, 1.82) is 0 Å². The van der Waals surface area contributed by atoms with Crippen molar-refractivity contribution >= 4 is 45.8 Å². The van der Waals surface area contributed by atoms with E-state index in [2.05, 4.69) is 20.5 Å². The zero-order valence-electron chi connectivity index (χ0n) is 16.5. The maximum Gasteiger partial charge on any atom is 0.301 e. The molecule has 3 aromatic rings. The number of aromatic nitrogens is 4. The molecule has 31 heavy (non-hydrogen) atoms. The summed E-state index contributed by atoms with van der Waals surface area (Å²) in [5.41, 5.74) is 1.52. The van der Waals surface area contributed by atoms with E-state index < -0.39 is 26.8 Å². The second-order valence-electron chi connectivity index (χ2n) is 6.39. The van der Waals surface area contributed by atoms with Gasteiger partial charge in [0.05, 0.1) is 21.7 Å². The molecule has 2 aromatic heterocycles. The van der Waals surface area contributed by atoms with Gasteiger partial charge in [0.1, 0.15) is 11.5 Å². The molecule has 1 aromatic carbocycles. The van der Waals surface area contributed by atoms with Gasteiger partial charge in [0.15, 0.2) is 16.3 Å². The highest BCUT2D eigenvalue weighted by molar-refractivity contribution is 7.99. The Hall–Kier alpha value is -4.01. The van der Waals surface area contributed by atoms with E-state index in [-0.39, 0.29) is 34.0 Å². The van der Waals surface area contributed by atoms with Crippen molar-refractivity contribution < 1.29 is 14.6 Å². The van der Waals surface area contributed by atoms with E-state index >= 15 is 0 Å². The third kappa shape index (κ3) is 4.30. The van der Waals surface area contributed by atoms with Crippen LogP contribution in [-0.4, -0.2) is 40.5 Å². The number of H-pyrrole nitrogens is 1. The predicted octanol–water partition coefficient (Wildman–Crippen LogP) is 1.03. The van der Waals surface area contributed by atoms with Crippen LogP contribution in [0.1, 0.15) is 6.92 Å². The van der Waals surface area contributed by atoms with Crippen molar-refractivity contribution in [3.63, 3.8) is 0 Å². The number of carbonyl (C=O) groups excluding carboxylic acids is 1. The Kier molecular flexibility index (Phi) is 5.87. The number of benzene rings is 1. The van der Waals surface area contributed by atoms with Gasteiger partial charge in [-0.3, -0.25) is 44.4 Å². The molecule has 0 radical (unpaired) electrons. The number of non-ortho nitro benzene ring substituents is 1. The van der Waals surface area contributed by atoms with Crippen LogP contribution in [0.2, 0.25) is 0 Å². The first kappa shape index (κ1) is 21.7. The molecule has 15 heteroatoms. The number of nitro groups is 2. The molecule has 162 valence electrons. The Morgan fingerprint density at radius 2 is 1.97 bits per heavy atom. The van der Waals surface area contributed by atoms with Gasteiger partial charge in [-0.2, -0.15) is 0 Å². The first-order valence-electron chi connectivity index (χ1n) is 8.60. The van der Waals surface area contributed by atoms with Gasteiger partial charge < -0.3 is 4.98 Å². The lowest BCUT2D eigenvalue weighted by atomic mass is 10.2. The van der Waals surface area contributed by atoms with E-state index in [4.69, 9.17) is 0 Å². The van der Waals surface area contributed by atoms with Gasteiger partial charge >= 0.3 is 5.69 Å². The van der Waals surface area contributed by atoms with Crippen LogP contribution >= 0.6 is 11.8 Å².